The second-order valence-electron chi connectivity index (χ2n) is 5.01. The minimum absolute atomic E-state index is 0.658. The Balaban J connectivity index is 1.96. The third-order valence-corrected chi connectivity index (χ3v) is 3.33. The molecule has 0 aliphatic heterocycles. The van der Waals surface area contributed by atoms with Gasteiger partial charge >= 0.3 is 0 Å². The summed E-state index contributed by atoms with van der Waals surface area (Å²) in [5.41, 5.74) is 4.78. The zero-order chi connectivity index (χ0) is 15.1. The number of hydrogen-bond acceptors (Lipinski definition) is 3. The summed E-state index contributed by atoms with van der Waals surface area (Å²) >= 11 is 0. The molecule has 2 aromatic carbocycles. The van der Waals surface area contributed by atoms with E-state index in [0.717, 1.165) is 18.0 Å². The molecule has 0 unspecified atom stereocenters. The van der Waals surface area contributed by atoms with Crippen molar-refractivity contribution in [2.24, 2.45) is 0 Å². The molecule has 0 radical (unpaired) electrons. The fraction of sp³-hybridized carbons (Fsp3) is 0.333. The van der Waals surface area contributed by atoms with Gasteiger partial charge in [-0.15, -0.1) is 0 Å². The van der Waals surface area contributed by atoms with Crippen LogP contribution in [0.3, 0.4) is 0 Å². The van der Waals surface area contributed by atoms with E-state index in [4.69, 9.17) is 9.47 Å². The van der Waals surface area contributed by atoms with Crippen LogP contribution in [0.2, 0.25) is 0 Å². The van der Waals surface area contributed by atoms with Crippen molar-refractivity contribution in [2.45, 2.75) is 27.0 Å². The van der Waals surface area contributed by atoms with E-state index >= 15 is 0 Å². The van der Waals surface area contributed by atoms with E-state index in [1.54, 1.807) is 7.11 Å². The van der Waals surface area contributed by atoms with Gasteiger partial charge in [0.15, 0.2) is 0 Å². The van der Waals surface area contributed by atoms with Crippen molar-refractivity contribution >= 4 is 5.69 Å². The van der Waals surface area contributed by atoms with Gasteiger partial charge in [0.1, 0.15) is 5.75 Å². The monoisotopic (exact) mass is 285 g/mol. The molecule has 21 heavy (non-hydrogen) atoms. The highest BCUT2D eigenvalue weighted by Crippen LogP contribution is 2.22. The molecule has 0 heterocycles. The van der Waals surface area contributed by atoms with E-state index in [-0.39, 0.29) is 0 Å². The van der Waals surface area contributed by atoms with E-state index in [1.807, 2.05) is 13.0 Å². The molecule has 3 nitrogen and oxygen atoms in total. The molecule has 3 heteroatoms. The van der Waals surface area contributed by atoms with Crippen LogP contribution in [0.4, 0.5) is 5.69 Å². The Labute approximate surface area is 126 Å². The van der Waals surface area contributed by atoms with Crippen molar-refractivity contribution < 1.29 is 9.47 Å². The Hall–Kier alpha value is -2.00. The Morgan fingerprint density at radius 3 is 2.33 bits per heavy atom. The van der Waals surface area contributed by atoms with Gasteiger partial charge in [-0.1, -0.05) is 24.3 Å². The number of rotatable bonds is 7. The number of ether oxygens (including phenoxy) is 2. The van der Waals surface area contributed by atoms with Crippen LogP contribution in [0, 0.1) is 6.92 Å². The standard InChI is InChI=1S/C18H23NO2/c1-4-21-17-9-10-18(14(2)11-17)19-12-15-5-7-16(8-6-15)13-20-3/h5-11,19H,4,12-13H2,1-3H3. The van der Waals surface area contributed by atoms with Crippen molar-refractivity contribution in [3.63, 3.8) is 0 Å². The summed E-state index contributed by atoms with van der Waals surface area (Å²) in [5.74, 6) is 0.921. The summed E-state index contributed by atoms with van der Waals surface area (Å²) in [6.45, 7) is 6.25. The number of nitrogens with one attached hydrogen (secondary N) is 1. The fourth-order valence-electron chi connectivity index (χ4n) is 2.21. The molecule has 0 atom stereocenters. The van der Waals surface area contributed by atoms with Crippen molar-refractivity contribution in [1.29, 1.82) is 0 Å². The van der Waals surface area contributed by atoms with Crippen LogP contribution >= 0.6 is 0 Å². The highest BCUT2D eigenvalue weighted by atomic mass is 16.5. The molecule has 112 valence electrons. The van der Waals surface area contributed by atoms with Crippen LogP contribution in [-0.2, 0) is 17.9 Å². The lowest BCUT2D eigenvalue weighted by molar-refractivity contribution is 0.185. The number of methoxy groups -OCH3 is 1. The first-order chi connectivity index (χ1) is 10.2. The van der Waals surface area contributed by atoms with E-state index in [1.165, 1.54) is 16.7 Å². The Morgan fingerprint density at radius 2 is 1.71 bits per heavy atom. The first-order valence-electron chi connectivity index (χ1n) is 7.27. The van der Waals surface area contributed by atoms with E-state index in [9.17, 15) is 0 Å². The molecule has 0 saturated heterocycles. The second-order valence-corrected chi connectivity index (χ2v) is 5.01. The largest absolute Gasteiger partial charge is 0.494 e. The smallest absolute Gasteiger partial charge is 0.119 e. The minimum atomic E-state index is 0.658. The van der Waals surface area contributed by atoms with Crippen molar-refractivity contribution in [2.75, 3.05) is 19.0 Å². The highest BCUT2D eigenvalue weighted by Gasteiger charge is 2.01. The van der Waals surface area contributed by atoms with Crippen LogP contribution in [0.25, 0.3) is 0 Å². The molecule has 2 aromatic rings. The first-order valence-corrected chi connectivity index (χ1v) is 7.27. The molecule has 2 rings (SSSR count). The Bertz CT molecular complexity index is 564. The van der Waals surface area contributed by atoms with Gasteiger partial charge < -0.3 is 14.8 Å². The quantitative estimate of drug-likeness (QED) is 0.829. The predicted octanol–water partition coefficient (Wildman–Crippen LogP) is 4.15. The summed E-state index contributed by atoms with van der Waals surface area (Å²) in [4.78, 5) is 0. The molecule has 0 aromatic heterocycles. The number of anilines is 1. The Kier molecular flexibility index (Phi) is 5.64. The topological polar surface area (TPSA) is 30.5 Å². The minimum Gasteiger partial charge on any atom is -0.494 e. The molecule has 0 fully saturated rings. The molecular weight excluding hydrogens is 262 g/mol. The molecule has 0 amide bonds. The summed E-state index contributed by atoms with van der Waals surface area (Å²) in [6, 6.07) is 14.6. The van der Waals surface area contributed by atoms with Gasteiger partial charge in [-0.2, -0.15) is 0 Å². The van der Waals surface area contributed by atoms with Crippen LogP contribution in [0.15, 0.2) is 42.5 Å². The number of hydrogen-bond donors (Lipinski definition) is 1. The molecule has 0 aliphatic carbocycles. The van der Waals surface area contributed by atoms with Crippen LogP contribution in [-0.4, -0.2) is 13.7 Å². The van der Waals surface area contributed by atoms with Gasteiger partial charge in [0.25, 0.3) is 0 Å². The average Bonchev–Trinajstić information content (AvgIpc) is 2.49. The molecule has 0 bridgehead atoms. The fourth-order valence-corrected chi connectivity index (χ4v) is 2.21. The third kappa shape index (κ3) is 4.50. The number of aryl methyl sites for hydroxylation is 1. The van der Waals surface area contributed by atoms with E-state index < -0.39 is 0 Å². The number of benzene rings is 2. The van der Waals surface area contributed by atoms with Gasteiger partial charge in [-0.25, -0.2) is 0 Å². The van der Waals surface area contributed by atoms with E-state index in [0.29, 0.717) is 13.2 Å². The third-order valence-electron chi connectivity index (χ3n) is 3.33. The summed E-state index contributed by atoms with van der Waals surface area (Å²) < 4.78 is 10.6. The Morgan fingerprint density at radius 1 is 1.00 bits per heavy atom. The maximum Gasteiger partial charge on any atom is 0.119 e. The summed E-state index contributed by atoms with van der Waals surface area (Å²) in [5, 5.41) is 3.46. The lowest BCUT2D eigenvalue weighted by Crippen LogP contribution is -2.02. The SMILES string of the molecule is CCOc1ccc(NCc2ccc(COC)cc2)c(C)c1. The zero-order valence-electron chi connectivity index (χ0n) is 13.0. The summed E-state index contributed by atoms with van der Waals surface area (Å²) in [6.07, 6.45) is 0. The van der Waals surface area contributed by atoms with Crippen LogP contribution in [0.5, 0.6) is 5.75 Å². The van der Waals surface area contributed by atoms with Gasteiger partial charge in [-0.05, 0) is 48.7 Å². The maximum atomic E-state index is 5.50. The van der Waals surface area contributed by atoms with Crippen molar-refractivity contribution in [3.05, 3.63) is 59.2 Å². The van der Waals surface area contributed by atoms with Gasteiger partial charge in [0, 0.05) is 19.3 Å². The zero-order valence-corrected chi connectivity index (χ0v) is 13.0. The summed E-state index contributed by atoms with van der Waals surface area (Å²) in [7, 11) is 1.71. The van der Waals surface area contributed by atoms with Crippen molar-refractivity contribution in [1.82, 2.24) is 0 Å². The lowest BCUT2D eigenvalue weighted by atomic mass is 10.1. The normalized spacial score (nSPS) is 10.4. The van der Waals surface area contributed by atoms with Gasteiger partial charge in [-0.3, -0.25) is 0 Å². The first kappa shape index (κ1) is 15.4. The second kappa shape index (κ2) is 7.70. The lowest BCUT2D eigenvalue weighted by Gasteiger charge is -2.12. The highest BCUT2D eigenvalue weighted by molar-refractivity contribution is 5.53. The predicted molar refractivity (Wildman–Crippen MR) is 86.8 cm³/mol. The van der Waals surface area contributed by atoms with Gasteiger partial charge in [0.05, 0.1) is 13.2 Å². The molecule has 0 spiro atoms. The van der Waals surface area contributed by atoms with Gasteiger partial charge in [0.2, 0.25) is 0 Å². The molecule has 0 aliphatic rings. The average molecular weight is 285 g/mol. The van der Waals surface area contributed by atoms with E-state index in [2.05, 4.69) is 48.6 Å². The molecule has 1 N–H and O–H groups in total. The van der Waals surface area contributed by atoms with Crippen LogP contribution in [0.1, 0.15) is 23.6 Å². The van der Waals surface area contributed by atoms with Crippen molar-refractivity contribution in [3.8, 4) is 5.75 Å². The van der Waals surface area contributed by atoms with Crippen LogP contribution < -0.4 is 10.1 Å². The molecular formula is C18H23NO2. The maximum absolute atomic E-state index is 5.50. The molecule has 0 saturated carbocycles.